The van der Waals surface area contributed by atoms with Crippen molar-refractivity contribution in [1.82, 2.24) is 19.8 Å². The Morgan fingerprint density at radius 3 is 3.18 bits per heavy atom. The summed E-state index contributed by atoms with van der Waals surface area (Å²) in [7, 11) is 0. The number of hydrogen-bond acceptors (Lipinski definition) is 4. The van der Waals surface area contributed by atoms with Crippen LogP contribution in [0.5, 0.6) is 0 Å². The molecular formula is C11H13BrN4O. The highest BCUT2D eigenvalue weighted by atomic mass is 79.9. The summed E-state index contributed by atoms with van der Waals surface area (Å²) in [4.78, 5) is 2.37. The average Bonchev–Trinajstić information content (AvgIpc) is 2.99. The summed E-state index contributed by atoms with van der Waals surface area (Å²) in [5.74, 6) is 0. The van der Waals surface area contributed by atoms with Crippen LogP contribution in [0.25, 0.3) is 0 Å². The van der Waals surface area contributed by atoms with Gasteiger partial charge in [-0.3, -0.25) is 9.58 Å². The third kappa shape index (κ3) is 2.42. The first kappa shape index (κ1) is 11.0. The highest BCUT2D eigenvalue weighted by molar-refractivity contribution is 9.10. The normalized spacial score (nSPS) is 21.1. The van der Waals surface area contributed by atoms with E-state index >= 15 is 0 Å². The summed E-state index contributed by atoms with van der Waals surface area (Å²) < 4.78 is 7.91. The van der Waals surface area contributed by atoms with Gasteiger partial charge >= 0.3 is 0 Å². The van der Waals surface area contributed by atoms with Crippen LogP contribution < -0.4 is 0 Å². The monoisotopic (exact) mass is 296 g/mol. The number of hydrogen-bond donors (Lipinski definition) is 0. The number of likely N-dealkylation sites (tertiary alicyclic amines) is 1. The lowest BCUT2D eigenvalue weighted by Gasteiger charge is -2.14. The number of nitrogens with zero attached hydrogens (tertiary/aromatic N) is 4. The predicted octanol–water partition coefficient (Wildman–Crippen LogP) is 2.08. The third-order valence-electron chi connectivity index (χ3n) is 3.07. The van der Waals surface area contributed by atoms with E-state index in [1.165, 1.54) is 0 Å². The van der Waals surface area contributed by atoms with E-state index in [4.69, 9.17) is 4.52 Å². The van der Waals surface area contributed by atoms with Crippen molar-refractivity contribution in [1.29, 1.82) is 0 Å². The van der Waals surface area contributed by atoms with Gasteiger partial charge in [-0.1, -0.05) is 5.16 Å². The van der Waals surface area contributed by atoms with Crippen LogP contribution in [-0.2, 0) is 6.54 Å². The molecule has 0 saturated carbocycles. The second-order valence-corrected chi connectivity index (χ2v) is 5.22. The van der Waals surface area contributed by atoms with E-state index in [9.17, 15) is 0 Å². The molecule has 17 heavy (non-hydrogen) atoms. The van der Waals surface area contributed by atoms with E-state index in [-0.39, 0.29) is 0 Å². The Hall–Kier alpha value is -1.14. The summed E-state index contributed by atoms with van der Waals surface area (Å²) >= 11 is 3.42. The molecule has 0 N–H and O–H groups in total. The van der Waals surface area contributed by atoms with Gasteiger partial charge in [-0.25, -0.2) is 0 Å². The fraction of sp³-hybridized carbons (Fsp3) is 0.455. The first-order valence-electron chi connectivity index (χ1n) is 5.62. The van der Waals surface area contributed by atoms with Gasteiger partial charge in [-0.15, -0.1) is 0 Å². The molecule has 0 amide bonds. The Bertz CT molecular complexity index is 481. The average molecular weight is 297 g/mol. The summed E-state index contributed by atoms with van der Waals surface area (Å²) in [5.41, 5.74) is 0.993. The molecule has 6 heteroatoms. The van der Waals surface area contributed by atoms with Crippen LogP contribution in [0.1, 0.15) is 18.2 Å². The highest BCUT2D eigenvalue weighted by Gasteiger charge is 2.24. The zero-order valence-corrected chi connectivity index (χ0v) is 10.9. The van der Waals surface area contributed by atoms with Crippen molar-refractivity contribution in [2.45, 2.75) is 19.0 Å². The Morgan fingerprint density at radius 1 is 1.53 bits per heavy atom. The predicted molar refractivity (Wildman–Crippen MR) is 65.4 cm³/mol. The molecule has 0 aromatic carbocycles. The largest absolute Gasteiger partial charge is 0.364 e. The molecule has 2 aromatic rings. The van der Waals surface area contributed by atoms with Crippen LogP contribution in [0.3, 0.4) is 0 Å². The molecule has 0 spiro atoms. The van der Waals surface area contributed by atoms with Crippen molar-refractivity contribution in [3.8, 4) is 0 Å². The van der Waals surface area contributed by atoms with Gasteiger partial charge in [0.25, 0.3) is 0 Å². The molecule has 0 aliphatic carbocycles. The van der Waals surface area contributed by atoms with Crippen LogP contribution >= 0.6 is 15.9 Å². The lowest BCUT2D eigenvalue weighted by molar-refractivity contribution is 0.298. The molecule has 1 aliphatic heterocycles. The molecule has 1 saturated heterocycles. The lowest BCUT2D eigenvalue weighted by atomic mass is 10.3. The maximum absolute atomic E-state index is 4.84. The topological polar surface area (TPSA) is 47.1 Å². The second kappa shape index (κ2) is 4.62. The molecule has 1 fully saturated rings. The van der Waals surface area contributed by atoms with Gasteiger partial charge in [0, 0.05) is 31.9 Å². The van der Waals surface area contributed by atoms with Gasteiger partial charge in [0.05, 0.1) is 22.4 Å². The van der Waals surface area contributed by atoms with Crippen LogP contribution in [0.4, 0.5) is 0 Å². The Balaban J connectivity index is 1.62. The van der Waals surface area contributed by atoms with E-state index < -0.39 is 0 Å². The summed E-state index contributed by atoms with van der Waals surface area (Å²) in [6.07, 6.45) is 6.62. The molecule has 0 radical (unpaired) electrons. The molecule has 5 nitrogen and oxygen atoms in total. The zero-order chi connectivity index (χ0) is 11.7. The van der Waals surface area contributed by atoms with E-state index in [0.29, 0.717) is 6.04 Å². The minimum absolute atomic E-state index is 0.466. The highest BCUT2D eigenvalue weighted by Crippen LogP contribution is 2.23. The van der Waals surface area contributed by atoms with Crippen LogP contribution in [-0.4, -0.2) is 32.9 Å². The molecule has 3 heterocycles. The van der Waals surface area contributed by atoms with Crippen LogP contribution in [0.15, 0.2) is 33.7 Å². The van der Waals surface area contributed by atoms with Crippen molar-refractivity contribution < 1.29 is 4.52 Å². The number of aromatic nitrogens is 3. The minimum atomic E-state index is 0.466. The zero-order valence-electron chi connectivity index (χ0n) is 9.29. The Labute approximate surface area is 108 Å². The summed E-state index contributed by atoms with van der Waals surface area (Å²) in [6, 6.07) is 2.38. The molecule has 1 atom stereocenters. The van der Waals surface area contributed by atoms with Crippen molar-refractivity contribution >= 4 is 15.9 Å². The van der Waals surface area contributed by atoms with Gasteiger partial charge in [-0.05, 0) is 22.4 Å². The van der Waals surface area contributed by atoms with Crippen molar-refractivity contribution in [3.05, 3.63) is 34.9 Å². The van der Waals surface area contributed by atoms with Gasteiger partial charge in [0.15, 0.2) is 0 Å². The minimum Gasteiger partial charge on any atom is -0.364 e. The summed E-state index contributed by atoms with van der Waals surface area (Å²) in [6.45, 7) is 2.95. The van der Waals surface area contributed by atoms with Gasteiger partial charge in [-0.2, -0.15) is 5.10 Å². The van der Waals surface area contributed by atoms with E-state index in [2.05, 4.69) is 31.1 Å². The Kier molecular flexibility index (Phi) is 2.98. The first-order valence-corrected chi connectivity index (χ1v) is 6.42. The van der Waals surface area contributed by atoms with Crippen molar-refractivity contribution in [3.63, 3.8) is 0 Å². The molecule has 1 aliphatic rings. The molecule has 2 aromatic heterocycles. The smallest absolute Gasteiger partial charge is 0.124 e. The molecule has 90 valence electrons. The molecule has 3 rings (SSSR count). The SMILES string of the molecule is Brc1cnn(C2CCN(Cc3ccon3)C2)c1. The van der Waals surface area contributed by atoms with Gasteiger partial charge < -0.3 is 4.52 Å². The number of halogens is 1. The van der Waals surface area contributed by atoms with Gasteiger partial charge in [0.1, 0.15) is 6.26 Å². The van der Waals surface area contributed by atoms with Crippen LogP contribution in [0.2, 0.25) is 0 Å². The van der Waals surface area contributed by atoms with Crippen LogP contribution in [0, 0.1) is 0 Å². The number of rotatable bonds is 3. The Morgan fingerprint density at radius 2 is 2.47 bits per heavy atom. The summed E-state index contributed by atoms with van der Waals surface area (Å²) in [5, 5.41) is 8.27. The van der Waals surface area contributed by atoms with E-state index in [1.54, 1.807) is 6.26 Å². The molecule has 1 unspecified atom stereocenters. The maximum Gasteiger partial charge on any atom is 0.124 e. The molecule has 0 bridgehead atoms. The quantitative estimate of drug-likeness (QED) is 0.870. The van der Waals surface area contributed by atoms with E-state index in [1.807, 2.05) is 23.1 Å². The van der Waals surface area contributed by atoms with Gasteiger partial charge in [0.2, 0.25) is 0 Å². The van der Waals surface area contributed by atoms with Crippen molar-refractivity contribution in [2.75, 3.05) is 13.1 Å². The molecular weight excluding hydrogens is 284 g/mol. The maximum atomic E-state index is 4.84. The first-order chi connectivity index (χ1) is 8.31. The second-order valence-electron chi connectivity index (χ2n) is 4.31. The fourth-order valence-electron chi connectivity index (χ4n) is 2.23. The standard InChI is InChI=1S/C11H13BrN4O/c12-9-5-13-16(6-9)11-1-3-15(8-11)7-10-2-4-17-14-10/h2,4-6,11H,1,3,7-8H2. The van der Waals surface area contributed by atoms with E-state index in [0.717, 1.165) is 36.2 Å². The lowest BCUT2D eigenvalue weighted by Crippen LogP contribution is -2.21. The third-order valence-corrected chi connectivity index (χ3v) is 3.48. The van der Waals surface area contributed by atoms with Crippen molar-refractivity contribution in [2.24, 2.45) is 0 Å². The fourth-order valence-corrected chi connectivity index (χ4v) is 2.54.